The van der Waals surface area contributed by atoms with Crippen LogP contribution in [0.5, 0.6) is 0 Å². The number of rotatable bonds is 1. The highest BCUT2D eigenvalue weighted by Crippen LogP contribution is 2.20. The molecule has 0 aliphatic heterocycles. The van der Waals surface area contributed by atoms with Gasteiger partial charge in [0.15, 0.2) is 0 Å². The van der Waals surface area contributed by atoms with Gasteiger partial charge in [0.1, 0.15) is 0 Å². The first-order valence-corrected chi connectivity index (χ1v) is 3.62. The van der Waals surface area contributed by atoms with E-state index in [0.717, 1.165) is 16.7 Å². The molecule has 1 aromatic carbocycles. The van der Waals surface area contributed by atoms with Gasteiger partial charge >= 0.3 is 0 Å². The SMILES string of the molecule is Cc1ccc(C)c(CO)c1N. The lowest BCUT2D eigenvalue weighted by atomic mass is 10.0. The number of aryl methyl sites for hydroxylation is 2. The van der Waals surface area contributed by atoms with Crippen LogP contribution in [0.25, 0.3) is 0 Å². The molecule has 0 radical (unpaired) electrons. The molecule has 3 N–H and O–H groups in total. The van der Waals surface area contributed by atoms with Crippen LogP contribution in [0.1, 0.15) is 16.7 Å². The van der Waals surface area contributed by atoms with Gasteiger partial charge in [-0.15, -0.1) is 0 Å². The molecule has 0 spiro atoms. The third kappa shape index (κ3) is 1.35. The number of nitrogen functional groups attached to an aromatic ring is 1. The van der Waals surface area contributed by atoms with Crippen molar-refractivity contribution in [3.8, 4) is 0 Å². The molecule has 1 rings (SSSR count). The van der Waals surface area contributed by atoms with Crippen molar-refractivity contribution in [1.82, 2.24) is 0 Å². The molecule has 0 saturated heterocycles. The van der Waals surface area contributed by atoms with Crippen LogP contribution >= 0.6 is 0 Å². The Balaban J connectivity index is 3.29. The van der Waals surface area contributed by atoms with Crippen molar-refractivity contribution in [2.24, 2.45) is 0 Å². The van der Waals surface area contributed by atoms with Crippen molar-refractivity contribution in [2.75, 3.05) is 5.73 Å². The number of nitrogens with two attached hydrogens (primary N) is 1. The van der Waals surface area contributed by atoms with Gasteiger partial charge in [0.2, 0.25) is 0 Å². The molecule has 0 aliphatic rings. The Morgan fingerprint density at radius 2 is 1.82 bits per heavy atom. The zero-order chi connectivity index (χ0) is 8.43. The maximum absolute atomic E-state index is 8.94. The summed E-state index contributed by atoms with van der Waals surface area (Å²) in [4.78, 5) is 0. The molecule has 0 bridgehead atoms. The maximum Gasteiger partial charge on any atom is 0.0704 e. The highest BCUT2D eigenvalue weighted by molar-refractivity contribution is 5.55. The summed E-state index contributed by atoms with van der Waals surface area (Å²) in [5, 5.41) is 8.94. The number of aliphatic hydroxyl groups excluding tert-OH is 1. The average Bonchev–Trinajstić information content (AvgIpc) is 1.99. The van der Waals surface area contributed by atoms with Gasteiger partial charge in [0.25, 0.3) is 0 Å². The molecule has 0 amide bonds. The summed E-state index contributed by atoms with van der Waals surface area (Å²) < 4.78 is 0. The minimum absolute atomic E-state index is 0.0271. The van der Waals surface area contributed by atoms with Crippen LogP contribution in [0.2, 0.25) is 0 Å². The Labute approximate surface area is 66.7 Å². The van der Waals surface area contributed by atoms with Gasteiger partial charge in [0, 0.05) is 11.3 Å². The highest BCUT2D eigenvalue weighted by atomic mass is 16.3. The van der Waals surface area contributed by atoms with E-state index in [0.29, 0.717) is 5.69 Å². The second kappa shape index (κ2) is 2.93. The second-order valence-corrected chi connectivity index (χ2v) is 2.75. The highest BCUT2D eigenvalue weighted by Gasteiger charge is 2.02. The predicted octanol–water partition coefficient (Wildman–Crippen LogP) is 1.38. The van der Waals surface area contributed by atoms with E-state index in [9.17, 15) is 0 Å². The third-order valence-electron chi connectivity index (χ3n) is 1.97. The van der Waals surface area contributed by atoms with Gasteiger partial charge in [-0.1, -0.05) is 12.1 Å². The number of anilines is 1. The number of aliphatic hydroxyl groups is 1. The van der Waals surface area contributed by atoms with Crippen molar-refractivity contribution in [1.29, 1.82) is 0 Å². The Kier molecular flexibility index (Phi) is 2.15. The lowest BCUT2D eigenvalue weighted by molar-refractivity contribution is 0.281. The maximum atomic E-state index is 8.94. The van der Waals surface area contributed by atoms with Crippen LogP contribution in [0.3, 0.4) is 0 Å². The molecule has 11 heavy (non-hydrogen) atoms. The fourth-order valence-electron chi connectivity index (χ4n) is 1.10. The van der Waals surface area contributed by atoms with Crippen molar-refractivity contribution < 1.29 is 5.11 Å². The zero-order valence-corrected chi connectivity index (χ0v) is 6.89. The third-order valence-corrected chi connectivity index (χ3v) is 1.97. The molecule has 0 heterocycles. The van der Waals surface area contributed by atoms with E-state index in [1.165, 1.54) is 0 Å². The van der Waals surface area contributed by atoms with Crippen LogP contribution in [-0.4, -0.2) is 5.11 Å². The summed E-state index contributed by atoms with van der Waals surface area (Å²) in [5.74, 6) is 0. The molecule has 1 aromatic rings. The van der Waals surface area contributed by atoms with Crippen molar-refractivity contribution >= 4 is 5.69 Å². The molecular formula is C9H13NO. The quantitative estimate of drug-likeness (QED) is 0.595. The lowest BCUT2D eigenvalue weighted by Crippen LogP contribution is -1.99. The van der Waals surface area contributed by atoms with E-state index in [4.69, 9.17) is 10.8 Å². The van der Waals surface area contributed by atoms with E-state index in [1.54, 1.807) is 0 Å². The summed E-state index contributed by atoms with van der Waals surface area (Å²) in [5.41, 5.74) is 9.38. The van der Waals surface area contributed by atoms with Crippen LogP contribution in [-0.2, 0) is 6.61 Å². The topological polar surface area (TPSA) is 46.2 Å². The summed E-state index contributed by atoms with van der Waals surface area (Å²) in [6.07, 6.45) is 0. The Morgan fingerprint density at radius 1 is 1.27 bits per heavy atom. The molecular weight excluding hydrogens is 138 g/mol. The smallest absolute Gasteiger partial charge is 0.0704 e. The van der Waals surface area contributed by atoms with Gasteiger partial charge < -0.3 is 10.8 Å². The number of hydrogen-bond acceptors (Lipinski definition) is 2. The fraction of sp³-hybridized carbons (Fsp3) is 0.333. The normalized spacial score (nSPS) is 10.1. The number of benzene rings is 1. The molecule has 0 aliphatic carbocycles. The van der Waals surface area contributed by atoms with E-state index < -0.39 is 0 Å². The van der Waals surface area contributed by atoms with Crippen LogP contribution in [0.15, 0.2) is 12.1 Å². The van der Waals surface area contributed by atoms with Crippen LogP contribution in [0, 0.1) is 13.8 Å². The number of hydrogen-bond donors (Lipinski definition) is 2. The van der Waals surface area contributed by atoms with E-state index in [2.05, 4.69) is 0 Å². The molecule has 2 nitrogen and oxygen atoms in total. The molecule has 0 atom stereocenters. The summed E-state index contributed by atoms with van der Waals surface area (Å²) in [7, 11) is 0. The minimum Gasteiger partial charge on any atom is -0.398 e. The first-order chi connectivity index (χ1) is 5.16. The molecule has 0 fully saturated rings. The largest absolute Gasteiger partial charge is 0.398 e. The minimum atomic E-state index is 0.0271. The summed E-state index contributed by atoms with van der Waals surface area (Å²) >= 11 is 0. The molecule has 2 heteroatoms. The van der Waals surface area contributed by atoms with E-state index in [1.807, 2.05) is 26.0 Å². The van der Waals surface area contributed by atoms with Gasteiger partial charge in [-0.3, -0.25) is 0 Å². The fourth-order valence-corrected chi connectivity index (χ4v) is 1.10. The first kappa shape index (κ1) is 8.08. The molecule has 60 valence electrons. The standard InChI is InChI=1S/C9H13NO/c1-6-3-4-7(2)9(10)8(6)5-11/h3-4,11H,5,10H2,1-2H3. The van der Waals surface area contributed by atoms with Gasteiger partial charge in [-0.25, -0.2) is 0 Å². The van der Waals surface area contributed by atoms with Gasteiger partial charge in [-0.05, 0) is 25.0 Å². The molecule has 0 unspecified atom stereocenters. The van der Waals surface area contributed by atoms with Gasteiger partial charge in [0.05, 0.1) is 6.61 Å². The Bertz CT molecular complexity index is 269. The first-order valence-electron chi connectivity index (χ1n) is 3.62. The summed E-state index contributed by atoms with van der Waals surface area (Å²) in [6.45, 7) is 3.91. The van der Waals surface area contributed by atoms with Crippen LogP contribution < -0.4 is 5.73 Å². The van der Waals surface area contributed by atoms with E-state index in [-0.39, 0.29) is 6.61 Å². The second-order valence-electron chi connectivity index (χ2n) is 2.75. The zero-order valence-electron chi connectivity index (χ0n) is 6.89. The predicted molar refractivity (Wildman–Crippen MR) is 46.3 cm³/mol. The molecule has 0 aromatic heterocycles. The monoisotopic (exact) mass is 151 g/mol. The van der Waals surface area contributed by atoms with Gasteiger partial charge in [-0.2, -0.15) is 0 Å². The van der Waals surface area contributed by atoms with Crippen molar-refractivity contribution in [3.63, 3.8) is 0 Å². The van der Waals surface area contributed by atoms with Crippen LogP contribution in [0.4, 0.5) is 5.69 Å². The Hall–Kier alpha value is -1.02. The summed E-state index contributed by atoms with van der Waals surface area (Å²) in [6, 6.07) is 3.93. The van der Waals surface area contributed by atoms with Crippen molar-refractivity contribution in [2.45, 2.75) is 20.5 Å². The Morgan fingerprint density at radius 3 is 2.27 bits per heavy atom. The van der Waals surface area contributed by atoms with Crippen molar-refractivity contribution in [3.05, 3.63) is 28.8 Å². The van der Waals surface area contributed by atoms with E-state index >= 15 is 0 Å². The molecule has 0 saturated carbocycles. The lowest BCUT2D eigenvalue weighted by Gasteiger charge is -2.08. The average molecular weight is 151 g/mol.